The number of aryl methyl sites for hydroxylation is 3. The summed E-state index contributed by atoms with van der Waals surface area (Å²) >= 11 is 8.01. The molecule has 0 radical (unpaired) electrons. The van der Waals surface area contributed by atoms with Crippen molar-refractivity contribution in [3.05, 3.63) is 56.5 Å². The van der Waals surface area contributed by atoms with Crippen molar-refractivity contribution in [1.29, 1.82) is 0 Å². The van der Waals surface area contributed by atoms with E-state index in [1.807, 2.05) is 26.8 Å². The van der Waals surface area contributed by atoms with E-state index in [4.69, 9.17) is 11.6 Å². The van der Waals surface area contributed by atoms with E-state index in [2.05, 4.69) is 6.07 Å². The monoisotopic (exact) mass is 268 g/mol. The Balaban J connectivity index is 2.43. The molecule has 17 heavy (non-hydrogen) atoms. The van der Waals surface area contributed by atoms with Gasteiger partial charge in [-0.05, 0) is 44.0 Å². The summed E-state index contributed by atoms with van der Waals surface area (Å²) in [6, 6.07) is 7.28. The highest BCUT2D eigenvalue weighted by molar-refractivity contribution is 7.12. The van der Waals surface area contributed by atoms with Gasteiger partial charge in [-0.3, -0.25) is 0 Å². The number of benzene rings is 1. The summed E-state index contributed by atoms with van der Waals surface area (Å²) in [6.45, 7) is 5.92. The van der Waals surface area contributed by atoms with Crippen molar-refractivity contribution in [1.82, 2.24) is 0 Å². The van der Waals surface area contributed by atoms with Crippen molar-refractivity contribution < 1.29 is 4.39 Å². The van der Waals surface area contributed by atoms with Crippen LogP contribution >= 0.6 is 22.9 Å². The van der Waals surface area contributed by atoms with Gasteiger partial charge in [0.2, 0.25) is 0 Å². The Morgan fingerprint density at radius 2 is 1.88 bits per heavy atom. The molecule has 0 aliphatic carbocycles. The van der Waals surface area contributed by atoms with Gasteiger partial charge in [-0.1, -0.05) is 12.1 Å². The lowest BCUT2D eigenvalue weighted by molar-refractivity contribution is 0.611. The van der Waals surface area contributed by atoms with Crippen molar-refractivity contribution in [2.24, 2.45) is 0 Å². The summed E-state index contributed by atoms with van der Waals surface area (Å²) in [5, 5.41) is -0.394. The fourth-order valence-corrected chi connectivity index (χ4v) is 3.41. The molecular weight excluding hydrogens is 255 g/mol. The molecule has 1 aromatic heterocycles. The molecule has 0 saturated heterocycles. The van der Waals surface area contributed by atoms with E-state index in [-0.39, 0.29) is 5.82 Å². The van der Waals surface area contributed by atoms with E-state index >= 15 is 0 Å². The van der Waals surface area contributed by atoms with Crippen LogP contribution in [0, 0.1) is 26.6 Å². The summed E-state index contributed by atoms with van der Waals surface area (Å²) in [5.74, 6) is -0.226. The molecule has 0 nitrogen and oxygen atoms in total. The smallest absolute Gasteiger partial charge is 0.128 e. The molecule has 0 bridgehead atoms. The fourth-order valence-electron chi connectivity index (χ4n) is 1.89. The van der Waals surface area contributed by atoms with Crippen LogP contribution in [-0.4, -0.2) is 0 Å². The van der Waals surface area contributed by atoms with Crippen LogP contribution in [0.2, 0.25) is 0 Å². The molecule has 0 spiro atoms. The van der Waals surface area contributed by atoms with Crippen molar-refractivity contribution in [3.63, 3.8) is 0 Å². The van der Waals surface area contributed by atoms with Gasteiger partial charge in [0, 0.05) is 15.3 Å². The Morgan fingerprint density at radius 3 is 2.41 bits per heavy atom. The van der Waals surface area contributed by atoms with Gasteiger partial charge >= 0.3 is 0 Å². The van der Waals surface area contributed by atoms with Gasteiger partial charge in [0.1, 0.15) is 5.82 Å². The summed E-state index contributed by atoms with van der Waals surface area (Å²) in [5.41, 5.74) is 2.60. The molecule has 1 unspecified atom stereocenters. The molecule has 2 rings (SSSR count). The van der Waals surface area contributed by atoms with Crippen LogP contribution in [0.25, 0.3) is 0 Å². The number of thiophene rings is 1. The maximum atomic E-state index is 13.8. The lowest BCUT2D eigenvalue weighted by atomic mass is 10.1. The lowest BCUT2D eigenvalue weighted by Gasteiger charge is -2.11. The Labute approximate surface area is 110 Å². The van der Waals surface area contributed by atoms with E-state index in [1.165, 1.54) is 10.9 Å². The summed E-state index contributed by atoms with van der Waals surface area (Å²) in [7, 11) is 0. The highest BCUT2D eigenvalue weighted by atomic mass is 35.5. The second kappa shape index (κ2) is 4.79. The van der Waals surface area contributed by atoms with Gasteiger partial charge in [-0.25, -0.2) is 4.39 Å². The molecule has 90 valence electrons. The minimum Gasteiger partial charge on any atom is -0.207 e. The molecule has 3 heteroatoms. The largest absolute Gasteiger partial charge is 0.207 e. The summed E-state index contributed by atoms with van der Waals surface area (Å²) < 4.78 is 13.8. The first kappa shape index (κ1) is 12.6. The average molecular weight is 269 g/mol. The predicted octanol–water partition coefficient (Wildman–Crippen LogP) is 5.14. The quantitative estimate of drug-likeness (QED) is 0.662. The standard InChI is InChI=1S/C14H14ClFS/c1-8-4-5-11(12(16)6-8)13(15)14-9(2)7-10(3)17-14/h4-7,13H,1-3H3. The zero-order valence-electron chi connectivity index (χ0n) is 10.1. The van der Waals surface area contributed by atoms with Crippen LogP contribution < -0.4 is 0 Å². The second-order valence-electron chi connectivity index (χ2n) is 4.29. The second-order valence-corrected chi connectivity index (χ2v) is 6.02. The average Bonchev–Trinajstić information content (AvgIpc) is 2.57. The SMILES string of the molecule is Cc1ccc(C(Cl)c2sc(C)cc2C)c(F)c1. The van der Waals surface area contributed by atoms with Crippen LogP contribution in [0.3, 0.4) is 0 Å². The molecule has 1 aromatic carbocycles. The number of rotatable bonds is 2. The molecule has 0 saturated carbocycles. The van der Waals surface area contributed by atoms with Crippen LogP contribution in [-0.2, 0) is 0 Å². The number of halogens is 2. The van der Waals surface area contributed by atoms with Crippen LogP contribution in [0.4, 0.5) is 4.39 Å². The van der Waals surface area contributed by atoms with E-state index in [1.54, 1.807) is 17.4 Å². The zero-order valence-corrected chi connectivity index (χ0v) is 11.6. The molecule has 0 fully saturated rings. The topological polar surface area (TPSA) is 0 Å². The molecule has 1 heterocycles. The van der Waals surface area contributed by atoms with Gasteiger partial charge in [0.15, 0.2) is 0 Å². The van der Waals surface area contributed by atoms with Crippen molar-refractivity contribution in [2.45, 2.75) is 26.1 Å². The van der Waals surface area contributed by atoms with Crippen LogP contribution in [0.15, 0.2) is 24.3 Å². The third kappa shape index (κ3) is 2.53. The van der Waals surface area contributed by atoms with Crippen molar-refractivity contribution in [2.75, 3.05) is 0 Å². The molecule has 1 atom stereocenters. The number of alkyl halides is 1. The van der Waals surface area contributed by atoms with E-state index in [0.29, 0.717) is 5.56 Å². The third-order valence-electron chi connectivity index (χ3n) is 2.74. The zero-order chi connectivity index (χ0) is 12.6. The predicted molar refractivity (Wildman–Crippen MR) is 72.6 cm³/mol. The van der Waals surface area contributed by atoms with Gasteiger partial charge in [0.25, 0.3) is 0 Å². The molecule has 0 amide bonds. The Hall–Kier alpha value is -0.860. The van der Waals surface area contributed by atoms with Gasteiger partial charge in [-0.2, -0.15) is 0 Å². The van der Waals surface area contributed by atoms with Crippen molar-refractivity contribution in [3.8, 4) is 0 Å². The maximum absolute atomic E-state index is 13.8. The van der Waals surface area contributed by atoms with Gasteiger partial charge in [0.05, 0.1) is 5.38 Å². The highest BCUT2D eigenvalue weighted by Crippen LogP contribution is 2.37. The maximum Gasteiger partial charge on any atom is 0.128 e. The van der Waals surface area contributed by atoms with Crippen LogP contribution in [0.1, 0.15) is 31.8 Å². The Bertz CT molecular complexity index is 545. The molecule has 0 N–H and O–H groups in total. The Morgan fingerprint density at radius 1 is 1.18 bits per heavy atom. The highest BCUT2D eigenvalue weighted by Gasteiger charge is 2.19. The van der Waals surface area contributed by atoms with E-state index < -0.39 is 5.38 Å². The first-order valence-electron chi connectivity index (χ1n) is 5.46. The van der Waals surface area contributed by atoms with Crippen LogP contribution in [0.5, 0.6) is 0 Å². The first-order valence-corrected chi connectivity index (χ1v) is 6.71. The molecular formula is C14H14ClFS. The minimum absolute atomic E-state index is 0.226. The summed E-state index contributed by atoms with van der Waals surface area (Å²) in [4.78, 5) is 2.24. The van der Waals surface area contributed by atoms with Crippen molar-refractivity contribution >= 4 is 22.9 Å². The molecule has 0 aliphatic heterocycles. The molecule has 2 aromatic rings. The number of hydrogen-bond donors (Lipinski definition) is 0. The molecule has 0 aliphatic rings. The minimum atomic E-state index is -0.394. The van der Waals surface area contributed by atoms with Gasteiger partial charge in [-0.15, -0.1) is 22.9 Å². The lowest BCUT2D eigenvalue weighted by Crippen LogP contribution is -1.96. The van der Waals surface area contributed by atoms with Gasteiger partial charge < -0.3 is 0 Å². The van der Waals surface area contributed by atoms with E-state index in [0.717, 1.165) is 16.0 Å². The summed E-state index contributed by atoms with van der Waals surface area (Å²) in [6.07, 6.45) is 0. The Kier molecular flexibility index (Phi) is 3.55. The number of hydrogen-bond acceptors (Lipinski definition) is 1. The normalized spacial score (nSPS) is 12.8. The van der Waals surface area contributed by atoms with E-state index in [9.17, 15) is 4.39 Å². The fraction of sp³-hybridized carbons (Fsp3) is 0.286. The first-order chi connectivity index (χ1) is 7.99. The third-order valence-corrected chi connectivity index (χ3v) is 4.54.